The van der Waals surface area contributed by atoms with Gasteiger partial charge in [-0.05, 0) is 30.0 Å². The minimum absolute atomic E-state index is 0.0332. The largest absolute Gasteiger partial charge is 0.381 e. The van der Waals surface area contributed by atoms with Crippen LogP contribution in [0.2, 0.25) is 0 Å². The van der Waals surface area contributed by atoms with E-state index >= 15 is 0 Å². The molecule has 1 aromatic rings. The summed E-state index contributed by atoms with van der Waals surface area (Å²) in [6.45, 7) is 1.88. The summed E-state index contributed by atoms with van der Waals surface area (Å²) in [4.78, 5) is 23.3. The second-order valence-corrected chi connectivity index (χ2v) is 4.99. The SMILES string of the molecule is CNC(=O)c1cccc(CNC(=O)C[C@H]2CCOC2)c1. The van der Waals surface area contributed by atoms with Crippen molar-refractivity contribution in [3.8, 4) is 0 Å². The van der Waals surface area contributed by atoms with Gasteiger partial charge in [0.25, 0.3) is 5.91 Å². The first-order valence-electron chi connectivity index (χ1n) is 6.84. The maximum atomic E-state index is 11.8. The van der Waals surface area contributed by atoms with Gasteiger partial charge in [0.05, 0.1) is 0 Å². The molecule has 0 saturated carbocycles. The van der Waals surface area contributed by atoms with Crippen LogP contribution >= 0.6 is 0 Å². The van der Waals surface area contributed by atoms with Crippen LogP contribution in [0.5, 0.6) is 0 Å². The minimum Gasteiger partial charge on any atom is -0.381 e. The fraction of sp³-hybridized carbons (Fsp3) is 0.467. The molecule has 1 fully saturated rings. The highest BCUT2D eigenvalue weighted by Crippen LogP contribution is 2.16. The van der Waals surface area contributed by atoms with E-state index in [0.717, 1.165) is 18.6 Å². The second kappa shape index (κ2) is 7.05. The first kappa shape index (κ1) is 14.5. The molecule has 0 spiro atoms. The molecule has 2 amide bonds. The number of hydrogen-bond donors (Lipinski definition) is 2. The zero-order valence-electron chi connectivity index (χ0n) is 11.6. The predicted octanol–water partition coefficient (Wildman–Crippen LogP) is 1.09. The lowest BCUT2D eigenvalue weighted by Crippen LogP contribution is -2.25. The third-order valence-electron chi connectivity index (χ3n) is 3.40. The molecule has 1 aliphatic rings. The van der Waals surface area contributed by atoms with E-state index in [1.54, 1.807) is 19.2 Å². The lowest BCUT2D eigenvalue weighted by Gasteiger charge is -2.09. The fourth-order valence-electron chi connectivity index (χ4n) is 2.25. The van der Waals surface area contributed by atoms with Crippen molar-refractivity contribution in [2.45, 2.75) is 19.4 Å². The highest BCUT2D eigenvalue weighted by molar-refractivity contribution is 5.94. The van der Waals surface area contributed by atoms with Crippen molar-refractivity contribution in [1.29, 1.82) is 0 Å². The van der Waals surface area contributed by atoms with Crippen molar-refractivity contribution >= 4 is 11.8 Å². The standard InChI is InChI=1S/C15H20N2O3/c1-16-15(19)13-4-2-3-11(7-13)9-17-14(18)8-12-5-6-20-10-12/h2-4,7,12H,5-6,8-10H2,1H3,(H,16,19)(H,17,18)/t12-/m1/s1. The van der Waals surface area contributed by atoms with Crippen LogP contribution in [0.4, 0.5) is 0 Å². The number of nitrogens with one attached hydrogen (secondary N) is 2. The van der Waals surface area contributed by atoms with E-state index in [2.05, 4.69) is 10.6 Å². The Hall–Kier alpha value is -1.88. The third kappa shape index (κ3) is 4.06. The molecule has 2 rings (SSSR count). The van der Waals surface area contributed by atoms with Crippen LogP contribution in [-0.2, 0) is 16.1 Å². The monoisotopic (exact) mass is 276 g/mol. The van der Waals surface area contributed by atoms with Crippen LogP contribution in [0.1, 0.15) is 28.8 Å². The summed E-state index contributed by atoms with van der Waals surface area (Å²) in [5.41, 5.74) is 1.52. The van der Waals surface area contributed by atoms with Crippen LogP contribution in [-0.4, -0.2) is 32.1 Å². The second-order valence-electron chi connectivity index (χ2n) is 4.99. The molecule has 0 radical (unpaired) electrons. The predicted molar refractivity (Wildman–Crippen MR) is 75.2 cm³/mol. The Bertz CT molecular complexity index is 482. The van der Waals surface area contributed by atoms with Crippen molar-refractivity contribution < 1.29 is 14.3 Å². The average Bonchev–Trinajstić information content (AvgIpc) is 2.97. The molecule has 5 heteroatoms. The molecule has 1 atom stereocenters. The Balaban J connectivity index is 1.83. The van der Waals surface area contributed by atoms with Crippen molar-refractivity contribution in [3.63, 3.8) is 0 Å². The van der Waals surface area contributed by atoms with Gasteiger partial charge in [-0.25, -0.2) is 0 Å². The summed E-state index contributed by atoms with van der Waals surface area (Å²) in [5, 5.41) is 5.47. The first-order valence-corrected chi connectivity index (χ1v) is 6.84. The Morgan fingerprint density at radius 2 is 2.25 bits per heavy atom. The molecule has 0 aromatic heterocycles. The highest BCUT2D eigenvalue weighted by atomic mass is 16.5. The molecule has 1 aromatic carbocycles. The van der Waals surface area contributed by atoms with Gasteiger partial charge in [0.1, 0.15) is 0 Å². The summed E-state index contributed by atoms with van der Waals surface area (Å²) in [7, 11) is 1.60. The topological polar surface area (TPSA) is 67.4 Å². The van der Waals surface area contributed by atoms with E-state index in [-0.39, 0.29) is 11.8 Å². The number of hydrogen-bond acceptors (Lipinski definition) is 3. The lowest BCUT2D eigenvalue weighted by molar-refractivity contribution is -0.122. The molecule has 1 aliphatic heterocycles. The Kier molecular flexibility index (Phi) is 5.12. The minimum atomic E-state index is -0.124. The van der Waals surface area contributed by atoms with Gasteiger partial charge in [-0.3, -0.25) is 9.59 Å². The van der Waals surface area contributed by atoms with Gasteiger partial charge < -0.3 is 15.4 Å². The summed E-state index contributed by atoms with van der Waals surface area (Å²) in [5.74, 6) is 0.249. The maximum absolute atomic E-state index is 11.8. The zero-order valence-corrected chi connectivity index (χ0v) is 11.6. The molecule has 0 aliphatic carbocycles. The van der Waals surface area contributed by atoms with Gasteiger partial charge in [-0.15, -0.1) is 0 Å². The zero-order chi connectivity index (χ0) is 14.4. The Morgan fingerprint density at radius 3 is 2.95 bits per heavy atom. The molecule has 5 nitrogen and oxygen atoms in total. The fourth-order valence-corrected chi connectivity index (χ4v) is 2.25. The summed E-state index contributed by atoms with van der Waals surface area (Å²) < 4.78 is 5.25. The van der Waals surface area contributed by atoms with Crippen LogP contribution in [0.3, 0.4) is 0 Å². The molecular weight excluding hydrogens is 256 g/mol. The van der Waals surface area contributed by atoms with Crippen LogP contribution in [0.25, 0.3) is 0 Å². The van der Waals surface area contributed by atoms with Gasteiger partial charge in [0, 0.05) is 38.8 Å². The van der Waals surface area contributed by atoms with E-state index < -0.39 is 0 Å². The summed E-state index contributed by atoms with van der Waals surface area (Å²) >= 11 is 0. The maximum Gasteiger partial charge on any atom is 0.251 e. The molecule has 0 bridgehead atoms. The number of rotatable bonds is 5. The molecule has 0 unspecified atom stereocenters. The van der Waals surface area contributed by atoms with Crippen LogP contribution in [0, 0.1) is 5.92 Å². The van der Waals surface area contributed by atoms with Gasteiger partial charge in [0.2, 0.25) is 5.91 Å². The quantitative estimate of drug-likeness (QED) is 0.846. The number of carbonyl (C=O) groups is 2. The molecule has 20 heavy (non-hydrogen) atoms. The number of benzene rings is 1. The van der Waals surface area contributed by atoms with Crippen molar-refractivity contribution in [2.24, 2.45) is 5.92 Å². The Morgan fingerprint density at radius 1 is 1.40 bits per heavy atom. The van der Waals surface area contributed by atoms with Crippen LogP contribution < -0.4 is 10.6 Å². The molecule has 2 N–H and O–H groups in total. The lowest BCUT2D eigenvalue weighted by atomic mass is 10.0. The van der Waals surface area contributed by atoms with E-state index in [1.165, 1.54) is 0 Å². The third-order valence-corrected chi connectivity index (χ3v) is 3.40. The molecule has 1 saturated heterocycles. The van der Waals surface area contributed by atoms with Gasteiger partial charge in [-0.2, -0.15) is 0 Å². The van der Waals surface area contributed by atoms with Crippen LogP contribution in [0.15, 0.2) is 24.3 Å². The van der Waals surface area contributed by atoms with Crippen molar-refractivity contribution in [3.05, 3.63) is 35.4 Å². The van der Waals surface area contributed by atoms with E-state index in [4.69, 9.17) is 4.74 Å². The van der Waals surface area contributed by atoms with Gasteiger partial charge in [-0.1, -0.05) is 12.1 Å². The van der Waals surface area contributed by atoms with Gasteiger partial charge >= 0.3 is 0 Å². The van der Waals surface area contributed by atoms with Gasteiger partial charge in [0.15, 0.2) is 0 Å². The molecular formula is C15H20N2O3. The Labute approximate surface area is 118 Å². The smallest absolute Gasteiger partial charge is 0.251 e. The molecule has 108 valence electrons. The van der Waals surface area contributed by atoms with Crippen molar-refractivity contribution in [1.82, 2.24) is 10.6 Å². The van der Waals surface area contributed by atoms with Crippen molar-refractivity contribution in [2.75, 3.05) is 20.3 Å². The number of amides is 2. The summed E-state index contributed by atoms with van der Waals surface area (Å²) in [6, 6.07) is 7.25. The summed E-state index contributed by atoms with van der Waals surface area (Å²) in [6.07, 6.45) is 1.47. The average molecular weight is 276 g/mol. The highest BCUT2D eigenvalue weighted by Gasteiger charge is 2.18. The van der Waals surface area contributed by atoms with E-state index in [9.17, 15) is 9.59 Å². The van der Waals surface area contributed by atoms with E-state index in [0.29, 0.717) is 31.1 Å². The molecule has 1 heterocycles. The normalized spacial score (nSPS) is 17.8. The first-order chi connectivity index (χ1) is 9.69. The van der Waals surface area contributed by atoms with E-state index in [1.807, 2.05) is 12.1 Å². The number of ether oxygens (including phenoxy) is 1. The number of carbonyl (C=O) groups excluding carboxylic acids is 2.